The number of Topliss-reactive ketones (excluding diaryl/α,β-unsaturated/α-hetero) is 1. The number of carbonyl (C=O) groups excluding carboxylic acids is 1. The van der Waals surface area contributed by atoms with Gasteiger partial charge >= 0.3 is 0 Å². The summed E-state index contributed by atoms with van der Waals surface area (Å²) >= 11 is 0. The van der Waals surface area contributed by atoms with Crippen LogP contribution in [0.15, 0.2) is 12.1 Å². The van der Waals surface area contributed by atoms with Crippen molar-refractivity contribution in [2.24, 2.45) is 0 Å². The molecule has 3 heteroatoms. The zero-order chi connectivity index (χ0) is 10.7. The first-order valence-corrected chi connectivity index (χ1v) is 4.60. The van der Waals surface area contributed by atoms with E-state index in [4.69, 9.17) is 10.5 Å². The van der Waals surface area contributed by atoms with E-state index in [1.807, 2.05) is 13.8 Å². The fourth-order valence-electron chi connectivity index (χ4n) is 1.37. The van der Waals surface area contributed by atoms with Crippen LogP contribution in [0.2, 0.25) is 0 Å². The molecule has 1 aromatic carbocycles. The number of ether oxygens (including phenoxy) is 1. The quantitative estimate of drug-likeness (QED) is 0.591. The Morgan fingerprint density at radius 2 is 2.14 bits per heavy atom. The fourth-order valence-corrected chi connectivity index (χ4v) is 1.37. The molecule has 76 valence electrons. The molecule has 2 N–H and O–H groups in total. The third-order valence-electron chi connectivity index (χ3n) is 2.15. The maximum absolute atomic E-state index is 11.2. The number of ketones is 1. The number of nitrogens with two attached hydrogens (primary N) is 1. The van der Waals surface area contributed by atoms with Crippen LogP contribution in [-0.4, -0.2) is 12.4 Å². The summed E-state index contributed by atoms with van der Waals surface area (Å²) in [6.45, 7) is 5.83. The molecule has 0 aliphatic carbocycles. The van der Waals surface area contributed by atoms with Gasteiger partial charge in [0, 0.05) is 5.56 Å². The molecule has 3 nitrogen and oxygen atoms in total. The van der Waals surface area contributed by atoms with Crippen molar-refractivity contribution in [3.63, 3.8) is 0 Å². The zero-order valence-corrected chi connectivity index (χ0v) is 8.76. The second kappa shape index (κ2) is 4.13. The third-order valence-corrected chi connectivity index (χ3v) is 2.15. The van der Waals surface area contributed by atoms with Crippen molar-refractivity contribution in [2.75, 3.05) is 12.3 Å². The summed E-state index contributed by atoms with van der Waals surface area (Å²) in [6, 6.07) is 3.49. The molecule has 0 amide bonds. The predicted octanol–water partition coefficient (Wildman–Crippen LogP) is 2.18. The third kappa shape index (κ3) is 1.87. The number of anilines is 1. The van der Waals surface area contributed by atoms with Crippen LogP contribution >= 0.6 is 0 Å². The van der Waals surface area contributed by atoms with Crippen molar-refractivity contribution >= 4 is 11.5 Å². The Kier molecular flexibility index (Phi) is 3.12. The highest BCUT2D eigenvalue weighted by atomic mass is 16.5. The van der Waals surface area contributed by atoms with Gasteiger partial charge in [0.15, 0.2) is 5.78 Å². The lowest BCUT2D eigenvalue weighted by molar-refractivity contribution is 0.101. The van der Waals surface area contributed by atoms with Gasteiger partial charge in [-0.3, -0.25) is 4.79 Å². The summed E-state index contributed by atoms with van der Waals surface area (Å²) in [5.74, 6) is 0.673. The van der Waals surface area contributed by atoms with Gasteiger partial charge in [0.2, 0.25) is 0 Å². The molecular formula is C11H15NO2. The van der Waals surface area contributed by atoms with Crippen LogP contribution in [0.4, 0.5) is 5.69 Å². The van der Waals surface area contributed by atoms with E-state index >= 15 is 0 Å². The molecule has 0 saturated heterocycles. The lowest BCUT2D eigenvalue weighted by Crippen LogP contribution is -2.03. The molecular weight excluding hydrogens is 178 g/mol. The van der Waals surface area contributed by atoms with E-state index in [-0.39, 0.29) is 5.78 Å². The number of hydrogen-bond acceptors (Lipinski definition) is 3. The van der Waals surface area contributed by atoms with E-state index in [9.17, 15) is 4.79 Å². The molecule has 1 rings (SSSR count). The Labute approximate surface area is 83.9 Å². The maximum atomic E-state index is 11.2. The van der Waals surface area contributed by atoms with Crippen molar-refractivity contribution < 1.29 is 9.53 Å². The van der Waals surface area contributed by atoms with Crippen molar-refractivity contribution in [3.8, 4) is 5.75 Å². The van der Waals surface area contributed by atoms with Crippen LogP contribution in [0.1, 0.15) is 29.8 Å². The molecule has 0 aliphatic rings. The number of hydrogen-bond donors (Lipinski definition) is 1. The van der Waals surface area contributed by atoms with Crippen LogP contribution in [0.3, 0.4) is 0 Å². The first-order chi connectivity index (χ1) is 6.57. The van der Waals surface area contributed by atoms with Gasteiger partial charge in [0.25, 0.3) is 0 Å². The van der Waals surface area contributed by atoms with Gasteiger partial charge < -0.3 is 10.5 Å². The molecule has 0 fully saturated rings. The molecule has 0 heterocycles. The van der Waals surface area contributed by atoms with Crippen LogP contribution in [0, 0.1) is 6.92 Å². The molecule has 1 aromatic rings. The topological polar surface area (TPSA) is 52.3 Å². The molecule has 0 aliphatic heterocycles. The molecule has 0 unspecified atom stereocenters. The van der Waals surface area contributed by atoms with Gasteiger partial charge in [-0.2, -0.15) is 0 Å². The standard InChI is InChI=1S/C11H15NO2/c1-4-14-10-6-5-9(8(3)13)7(2)11(10)12/h5-6H,4,12H2,1-3H3. The lowest BCUT2D eigenvalue weighted by atomic mass is 10.0. The summed E-state index contributed by atoms with van der Waals surface area (Å²) in [7, 11) is 0. The van der Waals surface area contributed by atoms with E-state index < -0.39 is 0 Å². The minimum absolute atomic E-state index is 0.0252. The van der Waals surface area contributed by atoms with Gasteiger partial charge in [-0.1, -0.05) is 0 Å². The van der Waals surface area contributed by atoms with Crippen LogP contribution in [-0.2, 0) is 0 Å². The predicted molar refractivity (Wildman–Crippen MR) is 56.8 cm³/mol. The first-order valence-electron chi connectivity index (χ1n) is 4.60. The normalized spacial score (nSPS) is 9.93. The molecule has 0 aromatic heterocycles. The SMILES string of the molecule is CCOc1ccc(C(C)=O)c(C)c1N. The Hall–Kier alpha value is -1.51. The fraction of sp³-hybridized carbons (Fsp3) is 0.364. The molecule has 0 spiro atoms. The van der Waals surface area contributed by atoms with Gasteiger partial charge in [-0.25, -0.2) is 0 Å². The van der Waals surface area contributed by atoms with E-state index in [2.05, 4.69) is 0 Å². The summed E-state index contributed by atoms with van der Waals surface area (Å²) in [4.78, 5) is 11.2. The van der Waals surface area contributed by atoms with Crippen molar-refractivity contribution in [1.29, 1.82) is 0 Å². The largest absolute Gasteiger partial charge is 0.492 e. The zero-order valence-electron chi connectivity index (χ0n) is 8.76. The second-order valence-electron chi connectivity index (χ2n) is 3.14. The average Bonchev–Trinajstić information content (AvgIpc) is 2.13. The van der Waals surface area contributed by atoms with E-state index in [0.717, 1.165) is 5.56 Å². The van der Waals surface area contributed by atoms with Gasteiger partial charge in [0.05, 0.1) is 12.3 Å². The summed E-state index contributed by atoms with van der Waals surface area (Å²) in [6.07, 6.45) is 0. The number of benzene rings is 1. The van der Waals surface area contributed by atoms with Crippen LogP contribution < -0.4 is 10.5 Å². The highest BCUT2D eigenvalue weighted by molar-refractivity contribution is 5.97. The van der Waals surface area contributed by atoms with Gasteiger partial charge in [-0.15, -0.1) is 0 Å². The first kappa shape index (κ1) is 10.6. The highest BCUT2D eigenvalue weighted by Crippen LogP contribution is 2.27. The Morgan fingerprint density at radius 3 is 2.64 bits per heavy atom. The minimum atomic E-state index is 0.0252. The molecule has 14 heavy (non-hydrogen) atoms. The maximum Gasteiger partial charge on any atom is 0.160 e. The van der Waals surface area contributed by atoms with E-state index in [0.29, 0.717) is 23.6 Å². The van der Waals surface area contributed by atoms with Gasteiger partial charge in [0.1, 0.15) is 5.75 Å². The average molecular weight is 193 g/mol. The van der Waals surface area contributed by atoms with Gasteiger partial charge in [-0.05, 0) is 38.5 Å². The second-order valence-corrected chi connectivity index (χ2v) is 3.14. The van der Waals surface area contributed by atoms with E-state index in [1.54, 1.807) is 12.1 Å². The number of nitrogen functional groups attached to an aromatic ring is 1. The van der Waals surface area contributed by atoms with Crippen molar-refractivity contribution in [2.45, 2.75) is 20.8 Å². The summed E-state index contributed by atoms with van der Waals surface area (Å²) < 4.78 is 5.32. The highest BCUT2D eigenvalue weighted by Gasteiger charge is 2.10. The molecule has 0 radical (unpaired) electrons. The number of rotatable bonds is 3. The number of carbonyl (C=O) groups is 1. The summed E-state index contributed by atoms with van der Waals surface area (Å²) in [5, 5.41) is 0. The van der Waals surface area contributed by atoms with Crippen molar-refractivity contribution in [1.82, 2.24) is 0 Å². The lowest BCUT2D eigenvalue weighted by Gasteiger charge is -2.11. The monoisotopic (exact) mass is 193 g/mol. The minimum Gasteiger partial charge on any atom is -0.492 e. The van der Waals surface area contributed by atoms with Crippen LogP contribution in [0.5, 0.6) is 5.75 Å². The van der Waals surface area contributed by atoms with E-state index in [1.165, 1.54) is 6.92 Å². The Bertz CT molecular complexity index is 359. The Morgan fingerprint density at radius 1 is 1.50 bits per heavy atom. The smallest absolute Gasteiger partial charge is 0.160 e. The van der Waals surface area contributed by atoms with Crippen LogP contribution in [0.25, 0.3) is 0 Å². The molecule has 0 bridgehead atoms. The Balaban J connectivity index is 3.19. The van der Waals surface area contributed by atoms with Crippen molar-refractivity contribution in [3.05, 3.63) is 23.3 Å². The molecule has 0 atom stereocenters. The summed E-state index contributed by atoms with van der Waals surface area (Å²) in [5.41, 5.74) is 7.84. The molecule has 0 saturated carbocycles.